The minimum absolute atomic E-state index is 0.428. The molecule has 0 saturated heterocycles. The van der Waals surface area contributed by atoms with Crippen LogP contribution in [0.4, 0.5) is 0 Å². The molecule has 9 heavy (non-hydrogen) atoms. The first-order chi connectivity index (χ1) is 4.34. The smallest absolute Gasteiger partial charge is 0.534 e. The van der Waals surface area contributed by atoms with E-state index in [9.17, 15) is 0 Å². The molecule has 0 aliphatic heterocycles. The highest BCUT2D eigenvalue weighted by Gasteiger charge is 2.01. The molecule has 1 aromatic rings. The van der Waals surface area contributed by atoms with Crippen molar-refractivity contribution >= 4 is 7.69 Å². The maximum Gasteiger partial charge on any atom is 0.569 e. The molecule has 1 heterocycles. The van der Waals surface area contributed by atoms with Crippen LogP contribution in [-0.4, -0.2) is 17.9 Å². The molecular weight excluding hydrogens is 121 g/mol. The number of hydrogen-bond donors (Lipinski definition) is 1. The van der Waals surface area contributed by atoms with Crippen LogP contribution in [0.15, 0.2) is 10.8 Å². The number of hydrogen-bond acceptors (Lipinski definition) is 4. The summed E-state index contributed by atoms with van der Waals surface area (Å²) in [7, 11) is 0.583. The summed E-state index contributed by atoms with van der Waals surface area (Å²) in [6, 6.07) is 0. The molecule has 0 fully saturated rings. The predicted octanol–water partition coefficient (Wildman–Crippen LogP) is -0.112. The third-order valence-electron chi connectivity index (χ3n) is 0.886. The molecule has 1 rings (SSSR count). The van der Waals surface area contributed by atoms with Crippen molar-refractivity contribution in [1.29, 1.82) is 0 Å². The van der Waals surface area contributed by atoms with E-state index in [1.807, 2.05) is 0 Å². The first-order valence-corrected chi connectivity index (χ1v) is 2.38. The van der Waals surface area contributed by atoms with Crippen molar-refractivity contribution in [2.75, 3.05) is 0 Å². The van der Waals surface area contributed by atoms with Gasteiger partial charge in [0.2, 0.25) is 0 Å². The normalized spacial score (nSPS) is 9.11. The molecule has 1 N–H and O–H groups in total. The molecule has 0 saturated carbocycles. The van der Waals surface area contributed by atoms with Gasteiger partial charge >= 0.3 is 7.69 Å². The van der Waals surface area contributed by atoms with E-state index in [2.05, 4.69) is 14.3 Å². The van der Waals surface area contributed by atoms with Crippen LogP contribution >= 0.6 is 0 Å². The highest BCUT2D eigenvalue weighted by atomic mass is 16.5. The van der Waals surface area contributed by atoms with E-state index >= 15 is 0 Å². The van der Waals surface area contributed by atoms with Crippen molar-refractivity contribution in [3.05, 3.63) is 12.0 Å². The van der Waals surface area contributed by atoms with Crippen LogP contribution in [0.2, 0.25) is 0 Å². The van der Waals surface area contributed by atoms with Crippen LogP contribution in [0.3, 0.4) is 0 Å². The zero-order chi connectivity index (χ0) is 6.69. The molecular formula is C4H5BNO3. The maximum absolute atomic E-state index is 8.15. The molecule has 0 bridgehead atoms. The predicted molar refractivity (Wildman–Crippen MR) is 29.8 cm³/mol. The Kier molecular flexibility index (Phi) is 1.74. The van der Waals surface area contributed by atoms with Gasteiger partial charge in [0.25, 0.3) is 0 Å². The third-order valence-corrected chi connectivity index (χ3v) is 0.886. The SMILES string of the molecule is Cc1nocc1O[B]O. The van der Waals surface area contributed by atoms with Crippen molar-refractivity contribution in [2.45, 2.75) is 6.92 Å². The van der Waals surface area contributed by atoms with Gasteiger partial charge in [-0.15, -0.1) is 0 Å². The second kappa shape index (κ2) is 2.54. The highest BCUT2D eigenvalue weighted by Crippen LogP contribution is 2.13. The fourth-order valence-corrected chi connectivity index (χ4v) is 0.453. The molecule has 0 spiro atoms. The Morgan fingerprint density at radius 1 is 1.89 bits per heavy atom. The Labute approximate surface area is 52.7 Å². The summed E-state index contributed by atoms with van der Waals surface area (Å²) in [4.78, 5) is 0. The summed E-state index contributed by atoms with van der Waals surface area (Å²) in [5, 5.41) is 11.6. The fraction of sp³-hybridized carbons (Fsp3) is 0.250. The van der Waals surface area contributed by atoms with E-state index in [1.54, 1.807) is 6.92 Å². The van der Waals surface area contributed by atoms with Gasteiger partial charge in [-0.1, -0.05) is 5.16 Å². The minimum atomic E-state index is 0.428. The Morgan fingerprint density at radius 3 is 3.11 bits per heavy atom. The van der Waals surface area contributed by atoms with Crippen LogP contribution in [0, 0.1) is 6.92 Å². The fourth-order valence-electron chi connectivity index (χ4n) is 0.453. The van der Waals surface area contributed by atoms with Crippen LogP contribution in [0.5, 0.6) is 5.75 Å². The number of rotatable bonds is 2. The van der Waals surface area contributed by atoms with Crippen molar-refractivity contribution in [3.63, 3.8) is 0 Å². The topological polar surface area (TPSA) is 55.5 Å². The summed E-state index contributed by atoms with van der Waals surface area (Å²) >= 11 is 0. The lowest BCUT2D eigenvalue weighted by molar-refractivity contribution is 0.407. The number of nitrogens with zero attached hydrogens (tertiary/aromatic N) is 1. The molecule has 47 valence electrons. The van der Waals surface area contributed by atoms with Crippen LogP contribution < -0.4 is 4.65 Å². The molecule has 0 amide bonds. The van der Waals surface area contributed by atoms with Gasteiger partial charge in [0.15, 0.2) is 12.0 Å². The molecule has 1 radical (unpaired) electrons. The first kappa shape index (κ1) is 6.16. The highest BCUT2D eigenvalue weighted by molar-refractivity contribution is 6.17. The lowest BCUT2D eigenvalue weighted by Crippen LogP contribution is -1.99. The monoisotopic (exact) mass is 126 g/mol. The molecule has 5 heteroatoms. The van der Waals surface area contributed by atoms with E-state index in [1.165, 1.54) is 6.26 Å². The van der Waals surface area contributed by atoms with Crippen molar-refractivity contribution < 1.29 is 14.2 Å². The van der Waals surface area contributed by atoms with E-state index in [4.69, 9.17) is 5.02 Å². The third kappa shape index (κ3) is 1.23. The van der Waals surface area contributed by atoms with Crippen LogP contribution in [0.25, 0.3) is 0 Å². The lowest BCUT2D eigenvalue weighted by atomic mass is 10.4. The van der Waals surface area contributed by atoms with Gasteiger partial charge in [-0.3, -0.25) is 0 Å². The average molecular weight is 126 g/mol. The maximum atomic E-state index is 8.15. The Bertz CT molecular complexity index is 188. The van der Waals surface area contributed by atoms with Gasteiger partial charge < -0.3 is 14.2 Å². The van der Waals surface area contributed by atoms with Crippen LogP contribution in [-0.2, 0) is 0 Å². The summed E-state index contributed by atoms with van der Waals surface area (Å²) in [5.74, 6) is 0.428. The van der Waals surface area contributed by atoms with E-state index in [0.717, 1.165) is 0 Å². The van der Waals surface area contributed by atoms with Gasteiger partial charge in [0.05, 0.1) is 0 Å². The van der Waals surface area contributed by atoms with Gasteiger partial charge in [-0.25, -0.2) is 0 Å². The Morgan fingerprint density at radius 2 is 2.67 bits per heavy atom. The van der Waals surface area contributed by atoms with E-state index < -0.39 is 0 Å². The Balaban J connectivity index is 2.69. The van der Waals surface area contributed by atoms with Crippen molar-refractivity contribution in [1.82, 2.24) is 5.16 Å². The molecule has 0 unspecified atom stereocenters. The lowest BCUT2D eigenvalue weighted by Gasteiger charge is -1.92. The molecule has 0 aromatic carbocycles. The summed E-state index contributed by atoms with van der Waals surface area (Å²) in [5.41, 5.74) is 0.611. The van der Waals surface area contributed by atoms with E-state index in [0.29, 0.717) is 19.1 Å². The zero-order valence-electron chi connectivity index (χ0n) is 4.87. The largest absolute Gasteiger partial charge is 0.569 e. The average Bonchev–Trinajstić information content (AvgIpc) is 2.18. The molecule has 1 aromatic heterocycles. The number of aromatic nitrogens is 1. The van der Waals surface area contributed by atoms with Gasteiger partial charge in [-0.05, 0) is 6.92 Å². The Hall–Kier alpha value is -0.965. The number of aryl methyl sites for hydroxylation is 1. The summed E-state index contributed by atoms with van der Waals surface area (Å²) in [6.45, 7) is 1.71. The minimum Gasteiger partial charge on any atom is -0.534 e. The van der Waals surface area contributed by atoms with E-state index in [-0.39, 0.29) is 0 Å². The molecule has 0 aliphatic rings. The van der Waals surface area contributed by atoms with Crippen molar-refractivity contribution in [3.8, 4) is 5.75 Å². The quantitative estimate of drug-likeness (QED) is 0.561. The standard InChI is InChI=1S/C4H5BNO3/c1-3-4(9-5-7)2-8-6-3/h2,7H,1H3. The van der Waals surface area contributed by atoms with Gasteiger partial charge in [-0.2, -0.15) is 0 Å². The second-order valence-electron chi connectivity index (χ2n) is 1.49. The van der Waals surface area contributed by atoms with Crippen molar-refractivity contribution in [2.24, 2.45) is 0 Å². The summed E-state index contributed by atoms with van der Waals surface area (Å²) in [6.07, 6.45) is 1.31. The molecule has 0 atom stereocenters. The van der Waals surface area contributed by atoms with Gasteiger partial charge in [0, 0.05) is 0 Å². The summed E-state index contributed by atoms with van der Waals surface area (Å²) < 4.78 is 9.04. The van der Waals surface area contributed by atoms with Gasteiger partial charge in [0.1, 0.15) is 5.69 Å². The molecule has 0 aliphatic carbocycles. The van der Waals surface area contributed by atoms with Crippen LogP contribution in [0.1, 0.15) is 5.69 Å². The second-order valence-corrected chi connectivity index (χ2v) is 1.49. The molecule has 4 nitrogen and oxygen atoms in total. The first-order valence-electron chi connectivity index (χ1n) is 2.38. The zero-order valence-corrected chi connectivity index (χ0v) is 4.87.